The summed E-state index contributed by atoms with van der Waals surface area (Å²) in [5.74, 6) is 0.805. The van der Waals surface area contributed by atoms with Gasteiger partial charge in [0.15, 0.2) is 5.82 Å². The monoisotopic (exact) mass is 202 g/mol. The standard InChI is InChI=1S/C11H14N4/c1-7-4-8(2)10(12)9(5-7)11-13-6-14-15(11)3/h4-6H,12H2,1-3H3. The lowest BCUT2D eigenvalue weighted by Gasteiger charge is -2.09. The second-order valence-corrected chi connectivity index (χ2v) is 3.75. The van der Waals surface area contributed by atoms with Crippen LogP contribution in [0, 0.1) is 13.8 Å². The van der Waals surface area contributed by atoms with Crippen LogP contribution in [0.1, 0.15) is 11.1 Å². The predicted octanol–water partition coefficient (Wildman–Crippen LogP) is 1.68. The maximum atomic E-state index is 6.03. The Morgan fingerprint density at radius 3 is 2.60 bits per heavy atom. The first-order valence-corrected chi connectivity index (χ1v) is 4.80. The Labute approximate surface area is 88.8 Å². The number of anilines is 1. The molecule has 2 N–H and O–H groups in total. The SMILES string of the molecule is Cc1cc(C)c(N)c(-c2ncnn2C)c1. The van der Waals surface area contributed by atoms with Gasteiger partial charge in [0.25, 0.3) is 0 Å². The second kappa shape index (κ2) is 3.38. The van der Waals surface area contributed by atoms with Crippen LogP contribution >= 0.6 is 0 Å². The van der Waals surface area contributed by atoms with Gasteiger partial charge in [0.1, 0.15) is 6.33 Å². The molecule has 78 valence electrons. The Hall–Kier alpha value is -1.84. The first-order valence-electron chi connectivity index (χ1n) is 4.80. The predicted molar refractivity (Wildman–Crippen MR) is 60.3 cm³/mol. The van der Waals surface area contributed by atoms with Gasteiger partial charge < -0.3 is 5.73 Å². The molecule has 0 spiro atoms. The molecule has 0 atom stereocenters. The number of nitrogens with two attached hydrogens (primary N) is 1. The first-order chi connectivity index (χ1) is 7.09. The van der Waals surface area contributed by atoms with Crippen LogP contribution in [-0.4, -0.2) is 14.8 Å². The summed E-state index contributed by atoms with van der Waals surface area (Å²) < 4.78 is 1.73. The molecule has 0 aliphatic carbocycles. The topological polar surface area (TPSA) is 56.7 Å². The number of hydrogen-bond acceptors (Lipinski definition) is 3. The van der Waals surface area contributed by atoms with Gasteiger partial charge in [0.05, 0.1) is 0 Å². The van der Waals surface area contributed by atoms with E-state index in [2.05, 4.69) is 16.1 Å². The molecule has 1 heterocycles. The number of nitrogen functional groups attached to an aromatic ring is 1. The molecule has 0 bridgehead atoms. The van der Waals surface area contributed by atoms with Gasteiger partial charge in [0.2, 0.25) is 0 Å². The molecular weight excluding hydrogens is 188 g/mol. The van der Waals surface area contributed by atoms with Crippen molar-refractivity contribution in [1.29, 1.82) is 0 Å². The highest BCUT2D eigenvalue weighted by Crippen LogP contribution is 2.27. The van der Waals surface area contributed by atoms with Crippen LogP contribution in [-0.2, 0) is 7.05 Å². The molecule has 4 nitrogen and oxygen atoms in total. The minimum absolute atomic E-state index is 0.775. The van der Waals surface area contributed by atoms with E-state index in [1.54, 1.807) is 4.68 Å². The minimum atomic E-state index is 0.775. The lowest BCUT2D eigenvalue weighted by molar-refractivity contribution is 0.774. The quantitative estimate of drug-likeness (QED) is 0.716. The Kier molecular flexibility index (Phi) is 2.19. The lowest BCUT2D eigenvalue weighted by Crippen LogP contribution is -2.00. The summed E-state index contributed by atoms with van der Waals surface area (Å²) in [7, 11) is 1.86. The molecule has 0 saturated heterocycles. The van der Waals surface area contributed by atoms with Crippen molar-refractivity contribution >= 4 is 5.69 Å². The molecule has 0 unspecified atom stereocenters. The number of aryl methyl sites for hydroxylation is 3. The maximum absolute atomic E-state index is 6.03. The summed E-state index contributed by atoms with van der Waals surface area (Å²) in [5.41, 5.74) is 10.0. The van der Waals surface area contributed by atoms with Crippen molar-refractivity contribution in [2.45, 2.75) is 13.8 Å². The van der Waals surface area contributed by atoms with E-state index in [4.69, 9.17) is 5.73 Å². The van der Waals surface area contributed by atoms with Crippen molar-refractivity contribution in [2.24, 2.45) is 7.05 Å². The second-order valence-electron chi connectivity index (χ2n) is 3.75. The van der Waals surface area contributed by atoms with Crippen LogP contribution in [0.4, 0.5) is 5.69 Å². The van der Waals surface area contributed by atoms with Crippen LogP contribution in [0.15, 0.2) is 18.5 Å². The molecule has 15 heavy (non-hydrogen) atoms. The van der Waals surface area contributed by atoms with Crippen LogP contribution in [0.2, 0.25) is 0 Å². The third kappa shape index (κ3) is 1.58. The molecule has 0 aliphatic heterocycles. The highest BCUT2D eigenvalue weighted by molar-refractivity contribution is 5.75. The molecule has 1 aromatic carbocycles. The fourth-order valence-corrected chi connectivity index (χ4v) is 1.70. The Bertz CT molecular complexity index is 499. The molecule has 2 rings (SSSR count). The zero-order valence-corrected chi connectivity index (χ0v) is 9.15. The zero-order chi connectivity index (χ0) is 11.0. The number of benzene rings is 1. The summed E-state index contributed by atoms with van der Waals surface area (Å²) in [6.07, 6.45) is 1.53. The lowest BCUT2D eigenvalue weighted by atomic mass is 10.0. The molecule has 0 fully saturated rings. The van der Waals surface area contributed by atoms with E-state index in [1.165, 1.54) is 11.9 Å². The first kappa shape index (κ1) is 9.71. The molecule has 0 saturated carbocycles. The van der Waals surface area contributed by atoms with Gasteiger partial charge in [-0.15, -0.1) is 0 Å². The highest BCUT2D eigenvalue weighted by atomic mass is 15.3. The summed E-state index contributed by atoms with van der Waals surface area (Å²) in [6.45, 7) is 4.05. The van der Waals surface area contributed by atoms with Crippen molar-refractivity contribution in [3.05, 3.63) is 29.6 Å². The largest absolute Gasteiger partial charge is 0.398 e. The molecule has 0 radical (unpaired) electrons. The maximum Gasteiger partial charge on any atom is 0.159 e. The van der Waals surface area contributed by atoms with Crippen molar-refractivity contribution in [3.8, 4) is 11.4 Å². The Morgan fingerprint density at radius 1 is 1.27 bits per heavy atom. The Balaban J connectivity index is 2.68. The normalized spacial score (nSPS) is 10.6. The summed E-state index contributed by atoms with van der Waals surface area (Å²) in [5, 5.41) is 4.04. The van der Waals surface area contributed by atoms with E-state index >= 15 is 0 Å². The van der Waals surface area contributed by atoms with Crippen LogP contribution in [0.25, 0.3) is 11.4 Å². The average Bonchev–Trinajstić information content (AvgIpc) is 2.58. The fraction of sp³-hybridized carbons (Fsp3) is 0.273. The average molecular weight is 202 g/mol. The van der Waals surface area contributed by atoms with E-state index in [-0.39, 0.29) is 0 Å². The van der Waals surface area contributed by atoms with Crippen molar-refractivity contribution in [3.63, 3.8) is 0 Å². The summed E-state index contributed by atoms with van der Waals surface area (Å²) in [6, 6.07) is 4.10. The third-order valence-corrected chi connectivity index (χ3v) is 2.48. The van der Waals surface area contributed by atoms with Gasteiger partial charge in [-0.05, 0) is 31.0 Å². The van der Waals surface area contributed by atoms with E-state index in [0.29, 0.717) is 0 Å². The van der Waals surface area contributed by atoms with Gasteiger partial charge >= 0.3 is 0 Å². The van der Waals surface area contributed by atoms with Crippen molar-refractivity contribution < 1.29 is 0 Å². The van der Waals surface area contributed by atoms with Gasteiger partial charge in [-0.1, -0.05) is 6.07 Å². The van der Waals surface area contributed by atoms with Gasteiger partial charge in [-0.25, -0.2) is 9.67 Å². The smallest absolute Gasteiger partial charge is 0.159 e. The number of hydrogen-bond donors (Lipinski definition) is 1. The van der Waals surface area contributed by atoms with E-state index in [9.17, 15) is 0 Å². The number of rotatable bonds is 1. The van der Waals surface area contributed by atoms with Crippen LogP contribution in [0.5, 0.6) is 0 Å². The van der Waals surface area contributed by atoms with Gasteiger partial charge in [0, 0.05) is 18.3 Å². The van der Waals surface area contributed by atoms with Crippen molar-refractivity contribution in [1.82, 2.24) is 14.8 Å². The van der Waals surface area contributed by atoms with Crippen LogP contribution < -0.4 is 5.73 Å². The summed E-state index contributed by atoms with van der Waals surface area (Å²) in [4.78, 5) is 4.20. The Morgan fingerprint density at radius 2 is 2.00 bits per heavy atom. The van der Waals surface area contributed by atoms with Gasteiger partial charge in [-0.3, -0.25) is 0 Å². The molecule has 0 aliphatic rings. The molecular formula is C11H14N4. The van der Waals surface area contributed by atoms with Crippen molar-refractivity contribution in [2.75, 3.05) is 5.73 Å². The fourth-order valence-electron chi connectivity index (χ4n) is 1.70. The highest BCUT2D eigenvalue weighted by Gasteiger charge is 2.10. The minimum Gasteiger partial charge on any atom is -0.398 e. The third-order valence-electron chi connectivity index (χ3n) is 2.48. The number of nitrogens with zero attached hydrogens (tertiary/aromatic N) is 3. The molecule has 4 heteroatoms. The number of aromatic nitrogens is 3. The van der Waals surface area contributed by atoms with E-state index in [0.717, 1.165) is 22.6 Å². The van der Waals surface area contributed by atoms with Gasteiger partial charge in [-0.2, -0.15) is 5.10 Å². The molecule has 2 aromatic rings. The van der Waals surface area contributed by atoms with E-state index < -0.39 is 0 Å². The summed E-state index contributed by atoms with van der Waals surface area (Å²) >= 11 is 0. The molecule has 1 aromatic heterocycles. The van der Waals surface area contributed by atoms with E-state index in [1.807, 2.05) is 27.0 Å². The van der Waals surface area contributed by atoms with Crippen LogP contribution in [0.3, 0.4) is 0 Å². The molecule has 0 amide bonds. The zero-order valence-electron chi connectivity index (χ0n) is 9.15.